The molecule has 3 aromatic rings. The first-order valence-electron chi connectivity index (χ1n) is 5.51. The second-order valence-corrected chi connectivity index (χ2v) is 6.26. The zero-order valence-corrected chi connectivity index (χ0v) is 12.3. The Morgan fingerprint density at radius 1 is 0.778 bits per heavy atom. The fourth-order valence-corrected chi connectivity index (χ4v) is 4.33. The van der Waals surface area contributed by atoms with Crippen molar-refractivity contribution in [1.82, 2.24) is 0 Å². The standard InChI is InChI=1S/C14H12OS3/c1-15-14(11-2-5-16-8-11,12-3-6-17-9-12)13-4-7-18-10-13/h2-10H,1H3. The van der Waals surface area contributed by atoms with Gasteiger partial charge in [-0.15, -0.1) is 0 Å². The fourth-order valence-electron chi connectivity index (χ4n) is 2.25. The highest BCUT2D eigenvalue weighted by molar-refractivity contribution is 7.08. The monoisotopic (exact) mass is 292 g/mol. The van der Waals surface area contributed by atoms with E-state index in [1.54, 1.807) is 41.1 Å². The Kier molecular flexibility index (Phi) is 3.35. The van der Waals surface area contributed by atoms with Crippen LogP contribution in [-0.2, 0) is 10.3 Å². The summed E-state index contributed by atoms with van der Waals surface area (Å²) in [5, 5.41) is 12.8. The molecule has 0 amide bonds. The molecule has 0 aliphatic carbocycles. The van der Waals surface area contributed by atoms with Crippen LogP contribution in [0.1, 0.15) is 16.7 Å². The number of hydrogen-bond acceptors (Lipinski definition) is 4. The van der Waals surface area contributed by atoms with E-state index >= 15 is 0 Å². The minimum absolute atomic E-state index is 0.458. The summed E-state index contributed by atoms with van der Waals surface area (Å²) in [6, 6.07) is 6.43. The third kappa shape index (κ3) is 1.77. The zero-order valence-electron chi connectivity index (χ0n) is 9.83. The zero-order chi connectivity index (χ0) is 12.4. The largest absolute Gasteiger partial charge is 0.364 e. The maximum atomic E-state index is 5.99. The van der Waals surface area contributed by atoms with E-state index in [1.165, 1.54) is 16.7 Å². The van der Waals surface area contributed by atoms with Crippen molar-refractivity contribution in [3.05, 3.63) is 67.2 Å². The van der Waals surface area contributed by atoms with E-state index in [2.05, 4.69) is 50.5 Å². The molecule has 0 aliphatic heterocycles. The van der Waals surface area contributed by atoms with Gasteiger partial charge in [-0.25, -0.2) is 0 Å². The highest BCUT2D eigenvalue weighted by Crippen LogP contribution is 2.42. The summed E-state index contributed by atoms with van der Waals surface area (Å²) in [6.07, 6.45) is 0. The molecule has 0 spiro atoms. The van der Waals surface area contributed by atoms with E-state index in [0.717, 1.165) is 0 Å². The molecule has 1 nitrogen and oxygen atoms in total. The molecule has 0 N–H and O–H groups in total. The summed E-state index contributed by atoms with van der Waals surface area (Å²) in [6.45, 7) is 0. The summed E-state index contributed by atoms with van der Waals surface area (Å²) in [4.78, 5) is 0. The number of methoxy groups -OCH3 is 1. The maximum absolute atomic E-state index is 5.99. The van der Waals surface area contributed by atoms with Crippen molar-refractivity contribution >= 4 is 34.0 Å². The molecule has 0 aliphatic rings. The van der Waals surface area contributed by atoms with Crippen molar-refractivity contribution < 1.29 is 4.74 Å². The fraction of sp³-hybridized carbons (Fsp3) is 0.143. The van der Waals surface area contributed by atoms with Crippen LogP contribution in [0, 0.1) is 0 Å². The topological polar surface area (TPSA) is 9.23 Å². The van der Waals surface area contributed by atoms with E-state index in [9.17, 15) is 0 Å². The SMILES string of the molecule is COC(c1ccsc1)(c1ccsc1)c1ccsc1. The normalized spacial score (nSPS) is 11.8. The van der Waals surface area contributed by atoms with Gasteiger partial charge in [0.25, 0.3) is 0 Å². The quantitative estimate of drug-likeness (QED) is 0.670. The molecule has 0 aromatic carbocycles. The van der Waals surface area contributed by atoms with Crippen LogP contribution in [0.15, 0.2) is 50.5 Å². The number of hydrogen-bond donors (Lipinski definition) is 0. The van der Waals surface area contributed by atoms with Crippen LogP contribution in [-0.4, -0.2) is 7.11 Å². The minimum Gasteiger partial charge on any atom is -0.364 e. The molecule has 0 fully saturated rings. The van der Waals surface area contributed by atoms with Gasteiger partial charge in [-0.05, 0) is 50.5 Å². The molecule has 0 saturated heterocycles. The molecule has 4 heteroatoms. The van der Waals surface area contributed by atoms with Gasteiger partial charge in [-0.3, -0.25) is 0 Å². The third-order valence-corrected chi connectivity index (χ3v) is 5.14. The van der Waals surface area contributed by atoms with Crippen LogP contribution in [0.5, 0.6) is 0 Å². The van der Waals surface area contributed by atoms with Gasteiger partial charge in [0.1, 0.15) is 5.60 Å². The molecule has 3 rings (SSSR count). The first kappa shape index (κ1) is 12.1. The van der Waals surface area contributed by atoms with Crippen molar-refractivity contribution in [1.29, 1.82) is 0 Å². The second kappa shape index (κ2) is 4.97. The van der Waals surface area contributed by atoms with E-state index < -0.39 is 5.60 Å². The van der Waals surface area contributed by atoms with Gasteiger partial charge in [-0.1, -0.05) is 0 Å². The Labute approximate surface area is 118 Å². The van der Waals surface area contributed by atoms with Crippen LogP contribution in [0.4, 0.5) is 0 Å². The third-order valence-electron chi connectivity index (χ3n) is 3.09. The molecule has 0 radical (unpaired) electrons. The van der Waals surface area contributed by atoms with Crippen molar-refractivity contribution in [2.75, 3.05) is 7.11 Å². The van der Waals surface area contributed by atoms with E-state index in [1.807, 2.05) is 0 Å². The Hall–Kier alpha value is -0.940. The summed E-state index contributed by atoms with van der Waals surface area (Å²) in [5.41, 5.74) is 3.14. The molecule has 92 valence electrons. The lowest BCUT2D eigenvalue weighted by atomic mass is 9.84. The van der Waals surface area contributed by atoms with E-state index in [0.29, 0.717) is 0 Å². The predicted molar refractivity (Wildman–Crippen MR) is 79.8 cm³/mol. The van der Waals surface area contributed by atoms with Crippen molar-refractivity contribution in [2.24, 2.45) is 0 Å². The Balaban J connectivity index is 2.25. The Morgan fingerprint density at radius 3 is 1.39 bits per heavy atom. The lowest BCUT2D eigenvalue weighted by Gasteiger charge is -2.31. The number of rotatable bonds is 4. The maximum Gasteiger partial charge on any atom is 0.145 e. The number of ether oxygens (including phenoxy) is 1. The molecule has 3 aromatic heterocycles. The lowest BCUT2D eigenvalue weighted by molar-refractivity contribution is 0.0596. The molecule has 0 saturated carbocycles. The van der Waals surface area contributed by atoms with Crippen molar-refractivity contribution in [3.8, 4) is 0 Å². The molecular weight excluding hydrogens is 280 g/mol. The van der Waals surface area contributed by atoms with Gasteiger partial charge in [0.15, 0.2) is 0 Å². The molecule has 3 heterocycles. The van der Waals surface area contributed by atoms with Crippen LogP contribution in [0.3, 0.4) is 0 Å². The number of thiophene rings is 3. The summed E-state index contributed by atoms with van der Waals surface area (Å²) in [5.74, 6) is 0. The average Bonchev–Trinajstić information content (AvgIpc) is 3.16. The minimum atomic E-state index is -0.458. The lowest BCUT2D eigenvalue weighted by Crippen LogP contribution is -2.29. The summed E-state index contributed by atoms with van der Waals surface area (Å²) in [7, 11) is 1.78. The van der Waals surface area contributed by atoms with Crippen molar-refractivity contribution in [2.45, 2.75) is 5.60 Å². The summed E-state index contributed by atoms with van der Waals surface area (Å²) >= 11 is 5.11. The Morgan fingerprint density at radius 2 is 1.17 bits per heavy atom. The second-order valence-electron chi connectivity index (χ2n) is 3.92. The summed E-state index contributed by atoms with van der Waals surface area (Å²) < 4.78 is 5.99. The van der Waals surface area contributed by atoms with Crippen molar-refractivity contribution in [3.63, 3.8) is 0 Å². The molecular formula is C14H12OS3. The van der Waals surface area contributed by atoms with Gasteiger partial charge >= 0.3 is 0 Å². The highest BCUT2D eigenvalue weighted by atomic mass is 32.1. The Bertz CT molecular complexity index is 495. The van der Waals surface area contributed by atoms with E-state index in [-0.39, 0.29) is 0 Å². The van der Waals surface area contributed by atoms with Gasteiger partial charge < -0.3 is 4.74 Å². The molecule has 0 unspecified atom stereocenters. The smallest absolute Gasteiger partial charge is 0.145 e. The van der Waals surface area contributed by atoms with Crippen LogP contribution in [0.25, 0.3) is 0 Å². The van der Waals surface area contributed by atoms with Gasteiger partial charge in [0.05, 0.1) is 0 Å². The molecule has 0 atom stereocenters. The highest BCUT2D eigenvalue weighted by Gasteiger charge is 2.37. The predicted octanol–water partition coefficient (Wildman–Crippen LogP) is 4.81. The molecule has 18 heavy (non-hydrogen) atoms. The van der Waals surface area contributed by atoms with Crippen LogP contribution in [0.2, 0.25) is 0 Å². The van der Waals surface area contributed by atoms with E-state index in [4.69, 9.17) is 4.74 Å². The van der Waals surface area contributed by atoms with Crippen LogP contribution >= 0.6 is 34.0 Å². The average molecular weight is 292 g/mol. The van der Waals surface area contributed by atoms with Crippen LogP contribution < -0.4 is 0 Å². The first-order chi connectivity index (χ1) is 8.88. The van der Waals surface area contributed by atoms with Gasteiger partial charge in [0, 0.05) is 23.8 Å². The van der Waals surface area contributed by atoms with Gasteiger partial charge in [-0.2, -0.15) is 34.0 Å². The first-order valence-corrected chi connectivity index (χ1v) is 8.34. The molecule has 0 bridgehead atoms. The van der Waals surface area contributed by atoms with Gasteiger partial charge in [0.2, 0.25) is 0 Å².